The van der Waals surface area contributed by atoms with E-state index in [9.17, 15) is 14.4 Å². The summed E-state index contributed by atoms with van der Waals surface area (Å²) in [7, 11) is -0.128. The molecule has 1 amide bonds. The molecule has 0 N–H and O–H groups in total. The van der Waals surface area contributed by atoms with Crippen LogP contribution in [0.1, 0.15) is 54.4 Å². The van der Waals surface area contributed by atoms with Crippen LogP contribution in [-0.2, 0) is 23.5 Å². The molecule has 0 aromatic rings. The van der Waals surface area contributed by atoms with Gasteiger partial charge in [-0.25, -0.2) is 4.79 Å². The lowest BCUT2D eigenvalue weighted by molar-refractivity contribution is -0.156. The van der Waals surface area contributed by atoms with E-state index in [0.717, 1.165) is 0 Å². The second kappa shape index (κ2) is 8.30. The molecule has 0 bridgehead atoms. The van der Waals surface area contributed by atoms with Crippen LogP contribution in [0.15, 0.2) is 0 Å². The maximum atomic E-state index is 13.2. The summed E-state index contributed by atoms with van der Waals surface area (Å²) in [5.41, 5.74) is -2.35. The maximum Gasteiger partial charge on any atom is 0.412 e. The van der Waals surface area contributed by atoms with Crippen molar-refractivity contribution in [1.29, 1.82) is 0 Å². The number of Topliss-reactive ketones (excluding diaryl/α,β-unsaturated/α-hetero) is 1. The highest BCUT2D eigenvalue weighted by molar-refractivity contribution is 6.48. The highest BCUT2D eigenvalue weighted by Gasteiger charge is 2.57. The molecular weight excluding hydrogens is 366 g/mol. The van der Waals surface area contributed by atoms with Gasteiger partial charge in [-0.2, -0.15) is 0 Å². The van der Waals surface area contributed by atoms with Gasteiger partial charge in [0.15, 0.2) is 11.5 Å². The number of rotatable bonds is 5. The molecule has 0 saturated carbocycles. The molecule has 1 saturated heterocycles. The summed E-state index contributed by atoms with van der Waals surface area (Å²) in [6.45, 7) is 15.6. The van der Waals surface area contributed by atoms with Gasteiger partial charge in [-0.3, -0.25) is 14.5 Å². The van der Waals surface area contributed by atoms with Gasteiger partial charge < -0.3 is 13.9 Å². The first-order chi connectivity index (χ1) is 12.1. The largest absolute Gasteiger partial charge is 0.469 e. The highest BCUT2D eigenvalue weighted by atomic mass is 28.3. The molecule has 1 fully saturated rings. The second-order valence-electron chi connectivity index (χ2n) is 9.33. The van der Waals surface area contributed by atoms with E-state index in [2.05, 4.69) is 25.5 Å². The van der Waals surface area contributed by atoms with Gasteiger partial charge in [0, 0.05) is 13.0 Å². The molecule has 155 valence electrons. The van der Waals surface area contributed by atoms with Crippen molar-refractivity contribution >= 4 is 26.9 Å². The number of amides is 1. The Morgan fingerprint density at radius 3 is 2.07 bits per heavy atom. The van der Waals surface area contributed by atoms with E-state index in [-0.39, 0.29) is 11.3 Å². The van der Waals surface area contributed by atoms with Crippen LogP contribution in [-0.4, -0.2) is 56.8 Å². The van der Waals surface area contributed by atoms with Crippen molar-refractivity contribution in [3.05, 3.63) is 0 Å². The Labute approximate surface area is 164 Å². The topological polar surface area (TPSA) is 82.1 Å². The summed E-state index contributed by atoms with van der Waals surface area (Å²) in [6.07, 6.45) is -0.709. The third-order valence-corrected chi connectivity index (χ3v) is 5.29. The number of ether oxygens (including phenoxy) is 2. The molecule has 7 nitrogen and oxygen atoms in total. The fraction of sp³-hybridized carbons (Fsp3) is 0.842. The Morgan fingerprint density at radius 2 is 1.67 bits per heavy atom. The third-order valence-electron chi connectivity index (χ3n) is 4.54. The maximum absolute atomic E-state index is 13.2. The van der Waals surface area contributed by atoms with Crippen LogP contribution in [0.3, 0.4) is 0 Å². The van der Waals surface area contributed by atoms with Crippen molar-refractivity contribution in [2.45, 2.75) is 78.8 Å². The quantitative estimate of drug-likeness (QED) is 0.400. The molecule has 0 unspecified atom stereocenters. The monoisotopic (exact) mass is 400 g/mol. The SMILES string of the molecule is COC(=O)CC(=O)[C@@]1(O[Si](C)C)C[C@H](C(C)(C)C)CN1C(=O)OC(C)(C)C. The molecule has 8 heteroatoms. The molecule has 27 heavy (non-hydrogen) atoms. The Kier molecular flexibility index (Phi) is 7.27. The second-order valence-corrected chi connectivity index (χ2v) is 11.3. The molecule has 2 atom stereocenters. The van der Waals surface area contributed by atoms with Gasteiger partial charge in [0.25, 0.3) is 0 Å². The Hall–Kier alpha value is -1.41. The van der Waals surface area contributed by atoms with Crippen molar-refractivity contribution in [2.24, 2.45) is 11.3 Å². The number of hydrogen-bond acceptors (Lipinski definition) is 6. The van der Waals surface area contributed by atoms with Gasteiger partial charge in [0.05, 0.1) is 7.11 Å². The third kappa shape index (κ3) is 6.04. The summed E-state index contributed by atoms with van der Waals surface area (Å²) in [6, 6.07) is 0. The van der Waals surface area contributed by atoms with Crippen molar-refractivity contribution in [3.63, 3.8) is 0 Å². The van der Waals surface area contributed by atoms with Crippen molar-refractivity contribution in [2.75, 3.05) is 13.7 Å². The number of carbonyl (C=O) groups excluding carboxylic acids is 3. The lowest BCUT2D eigenvalue weighted by atomic mass is 9.78. The standard InChI is InChI=1S/C19H34NO6Si/c1-17(2,3)13-11-19(26-27(8)9,14(21)10-15(22)24-7)20(12-13)16(23)25-18(4,5)6/h13H,10-12H2,1-9H3/t13-,19-/m0/s1. The van der Waals surface area contributed by atoms with Gasteiger partial charge in [-0.1, -0.05) is 20.8 Å². The zero-order valence-corrected chi connectivity index (χ0v) is 19.1. The van der Waals surface area contributed by atoms with Crippen LogP contribution in [0.25, 0.3) is 0 Å². The summed E-state index contributed by atoms with van der Waals surface area (Å²) < 4.78 is 16.4. The first-order valence-electron chi connectivity index (χ1n) is 9.22. The number of hydrogen-bond donors (Lipinski definition) is 0. The Balaban J connectivity index is 3.38. The molecule has 0 aliphatic carbocycles. The number of ketones is 1. The van der Waals surface area contributed by atoms with Crippen LogP contribution in [0.2, 0.25) is 13.1 Å². The molecule has 1 rings (SSSR count). The zero-order chi connectivity index (χ0) is 21.2. The van der Waals surface area contributed by atoms with Crippen molar-refractivity contribution in [3.8, 4) is 0 Å². The predicted octanol–water partition coefficient (Wildman–Crippen LogP) is 3.39. The van der Waals surface area contributed by atoms with E-state index in [0.29, 0.717) is 13.0 Å². The molecule has 0 aromatic heterocycles. The first-order valence-corrected chi connectivity index (χ1v) is 11.6. The molecule has 1 radical (unpaired) electrons. The van der Waals surface area contributed by atoms with Gasteiger partial charge in [0.1, 0.15) is 12.0 Å². The average Bonchev–Trinajstić information content (AvgIpc) is 2.85. The smallest absolute Gasteiger partial charge is 0.412 e. The summed E-state index contributed by atoms with van der Waals surface area (Å²) >= 11 is 0. The number of carbonyl (C=O) groups is 3. The average molecular weight is 401 g/mol. The number of likely N-dealkylation sites (tertiary alicyclic amines) is 1. The highest BCUT2D eigenvalue weighted by Crippen LogP contribution is 2.44. The van der Waals surface area contributed by atoms with Gasteiger partial charge in [0.2, 0.25) is 9.04 Å². The van der Waals surface area contributed by atoms with Crippen LogP contribution in [0, 0.1) is 11.3 Å². The Bertz CT molecular complexity index is 578. The van der Waals surface area contributed by atoms with Crippen LogP contribution in [0.5, 0.6) is 0 Å². The molecule has 1 aliphatic rings. The minimum absolute atomic E-state index is 0.0213. The van der Waals surface area contributed by atoms with E-state index in [1.54, 1.807) is 20.8 Å². The fourth-order valence-electron chi connectivity index (χ4n) is 3.09. The summed E-state index contributed by atoms with van der Waals surface area (Å²) in [4.78, 5) is 39.3. The van der Waals surface area contributed by atoms with Crippen LogP contribution < -0.4 is 0 Å². The molecule has 0 spiro atoms. The normalized spacial score (nSPS) is 23.5. The van der Waals surface area contributed by atoms with Crippen molar-refractivity contribution in [1.82, 2.24) is 4.90 Å². The molecule has 1 aliphatic heterocycles. The zero-order valence-electron chi connectivity index (χ0n) is 18.1. The number of methoxy groups -OCH3 is 1. The van der Waals surface area contributed by atoms with Crippen LogP contribution in [0.4, 0.5) is 4.79 Å². The van der Waals surface area contributed by atoms with E-state index in [4.69, 9.17) is 9.16 Å². The summed E-state index contributed by atoms with van der Waals surface area (Å²) in [5.74, 6) is -1.08. The van der Waals surface area contributed by atoms with E-state index in [1.165, 1.54) is 12.0 Å². The Morgan fingerprint density at radius 1 is 1.11 bits per heavy atom. The van der Waals surface area contributed by atoms with E-state index in [1.807, 2.05) is 13.1 Å². The molecule has 0 aromatic carbocycles. The minimum Gasteiger partial charge on any atom is -0.469 e. The number of esters is 1. The molecule has 1 heterocycles. The number of nitrogens with zero attached hydrogens (tertiary/aromatic N) is 1. The van der Waals surface area contributed by atoms with Crippen molar-refractivity contribution < 1.29 is 28.3 Å². The fourth-order valence-corrected chi connectivity index (χ4v) is 4.08. The van der Waals surface area contributed by atoms with Gasteiger partial charge in [-0.05, 0) is 45.2 Å². The van der Waals surface area contributed by atoms with Crippen LogP contribution >= 0.6 is 0 Å². The predicted molar refractivity (Wildman–Crippen MR) is 103 cm³/mol. The minimum atomic E-state index is -1.49. The first kappa shape index (κ1) is 23.6. The lowest BCUT2D eigenvalue weighted by Gasteiger charge is -2.38. The van der Waals surface area contributed by atoms with E-state index >= 15 is 0 Å². The van der Waals surface area contributed by atoms with Gasteiger partial charge >= 0.3 is 12.1 Å². The lowest BCUT2D eigenvalue weighted by Crippen LogP contribution is -2.57. The summed E-state index contributed by atoms with van der Waals surface area (Å²) in [5, 5.41) is 0. The molecular formula is C19H34NO6Si. The van der Waals surface area contributed by atoms with E-state index < -0.39 is 44.6 Å². The van der Waals surface area contributed by atoms with Gasteiger partial charge in [-0.15, -0.1) is 0 Å².